The van der Waals surface area contributed by atoms with Gasteiger partial charge in [0.05, 0.1) is 6.10 Å². The third-order valence-corrected chi connectivity index (χ3v) is 3.24. The monoisotopic (exact) mass is 199 g/mol. The molecule has 3 atom stereocenters. The van der Waals surface area contributed by atoms with Crippen LogP contribution in [-0.2, 0) is 0 Å². The Hall–Kier alpha value is -0.0800. The minimum Gasteiger partial charge on any atom is -0.392 e. The highest BCUT2D eigenvalue weighted by molar-refractivity contribution is 4.80. The van der Waals surface area contributed by atoms with Crippen molar-refractivity contribution < 1.29 is 5.11 Å². The van der Waals surface area contributed by atoms with Gasteiger partial charge < -0.3 is 10.4 Å². The van der Waals surface area contributed by atoms with Crippen LogP contribution in [0.2, 0.25) is 0 Å². The van der Waals surface area contributed by atoms with Crippen molar-refractivity contribution in [2.45, 2.75) is 64.5 Å². The molecule has 2 N–H and O–H groups in total. The van der Waals surface area contributed by atoms with Crippen molar-refractivity contribution in [3.63, 3.8) is 0 Å². The van der Waals surface area contributed by atoms with Gasteiger partial charge >= 0.3 is 0 Å². The molecule has 0 radical (unpaired) electrons. The van der Waals surface area contributed by atoms with Gasteiger partial charge in [0.15, 0.2) is 0 Å². The Morgan fingerprint density at radius 3 is 2.71 bits per heavy atom. The fourth-order valence-corrected chi connectivity index (χ4v) is 2.30. The maximum Gasteiger partial charge on any atom is 0.0693 e. The van der Waals surface area contributed by atoms with Crippen LogP contribution in [0.25, 0.3) is 0 Å². The standard InChI is InChI=1S/C12H25NO/c1-3-6-10(2)9-13-11-7-4-5-8-12(11)14/h10-14H,3-9H2,1-2H3/t10-,11+,12-/m0/s1. The molecule has 0 unspecified atom stereocenters. The summed E-state index contributed by atoms with van der Waals surface area (Å²) < 4.78 is 0. The Labute approximate surface area is 88.1 Å². The van der Waals surface area contributed by atoms with Crippen molar-refractivity contribution >= 4 is 0 Å². The highest BCUT2D eigenvalue weighted by Crippen LogP contribution is 2.18. The van der Waals surface area contributed by atoms with E-state index < -0.39 is 0 Å². The third kappa shape index (κ3) is 3.97. The zero-order valence-electron chi connectivity index (χ0n) is 9.63. The Bertz CT molecular complexity index is 149. The van der Waals surface area contributed by atoms with Crippen molar-refractivity contribution in [3.8, 4) is 0 Å². The van der Waals surface area contributed by atoms with Crippen molar-refractivity contribution in [1.82, 2.24) is 5.32 Å². The van der Waals surface area contributed by atoms with Crippen molar-refractivity contribution in [2.75, 3.05) is 6.54 Å². The van der Waals surface area contributed by atoms with E-state index >= 15 is 0 Å². The summed E-state index contributed by atoms with van der Waals surface area (Å²) in [5.41, 5.74) is 0. The SMILES string of the molecule is CCC[C@H](C)CN[C@@H]1CCCC[C@@H]1O. The van der Waals surface area contributed by atoms with E-state index in [9.17, 15) is 5.11 Å². The molecule has 0 heterocycles. The molecule has 0 bridgehead atoms. The number of rotatable bonds is 5. The number of aliphatic hydroxyl groups is 1. The lowest BCUT2D eigenvalue weighted by atomic mass is 9.92. The summed E-state index contributed by atoms with van der Waals surface area (Å²) in [6.07, 6.45) is 7.06. The summed E-state index contributed by atoms with van der Waals surface area (Å²) in [4.78, 5) is 0. The predicted molar refractivity (Wildman–Crippen MR) is 60.3 cm³/mol. The van der Waals surface area contributed by atoms with E-state index in [1.807, 2.05) is 0 Å². The van der Waals surface area contributed by atoms with Gasteiger partial charge in [0.25, 0.3) is 0 Å². The van der Waals surface area contributed by atoms with Gasteiger partial charge in [-0.2, -0.15) is 0 Å². The number of aliphatic hydroxyl groups excluding tert-OH is 1. The molecular formula is C12H25NO. The lowest BCUT2D eigenvalue weighted by molar-refractivity contribution is 0.0890. The van der Waals surface area contributed by atoms with Crippen LogP contribution in [0.4, 0.5) is 0 Å². The number of nitrogens with one attached hydrogen (secondary N) is 1. The van der Waals surface area contributed by atoms with Gasteiger partial charge in [0.2, 0.25) is 0 Å². The van der Waals surface area contributed by atoms with E-state index in [2.05, 4.69) is 19.2 Å². The van der Waals surface area contributed by atoms with Crippen LogP contribution in [-0.4, -0.2) is 23.8 Å². The molecule has 0 aromatic heterocycles. The van der Waals surface area contributed by atoms with E-state index in [1.54, 1.807) is 0 Å². The molecule has 0 amide bonds. The molecule has 1 aliphatic rings. The third-order valence-electron chi connectivity index (χ3n) is 3.24. The fraction of sp³-hybridized carbons (Fsp3) is 1.00. The van der Waals surface area contributed by atoms with Gasteiger partial charge in [0.1, 0.15) is 0 Å². The summed E-state index contributed by atoms with van der Waals surface area (Å²) in [7, 11) is 0. The smallest absolute Gasteiger partial charge is 0.0693 e. The topological polar surface area (TPSA) is 32.3 Å². The second-order valence-corrected chi connectivity index (χ2v) is 4.76. The second kappa shape index (κ2) is 6.41. The first-order chi connectivity index (χ1) is 6.74. The first-order valence-corrected chi connectivity index (χ1v) is 6.15. The molecule has 0 saturated heterocycles. The van der Waals surface area contributed by atoms with E-state index in [-0.39, 0.29) is 6.10 Å². The summed E-state index contributed by atoms with van der Waals surface area (Å²) in [6, 6.07) is 0.364. The van der Waals surface area contributed by atoms with Crippen molar-refractivity contribution in [2.24, 2.45) is 5.92 Å². The second-order valence-electron chi connectivity index (χ2n) is 4.76. The Kier molecular flexibility index (Phi) is 5.49. The molecule has 1 fully saturated rings. The minimum absolute atomic E-state index is 0.0995. The van der Waals surface area contributed by atoms with Gasteiger partial charge in [0, 0.05) is 6.04 Å². The molecule has 0 aromatic carbocycles. The Morgan fingerprint density at radius 1 is 1.36 bits per heavy atom. The summed E-state index contributed by atoms with van der Waals surface area (Å²) in [6.45, 7) is 5.58. The predicted octanol–water partition coefficient (Wildman–Crippen LogP) is 2.32. The Balaban J connectivity index is 2.15. The molecule has 1 rings (SSSR count). The zero-order chi connectivity index (χ0) is 10.4. The van der Waals surface area contributed by atoms with E-state index in [0.29, 0.717) is 6.04 Å². The molecule has 0 spiro atoms. The van der Waals surface area contributed by atoms with E-state index in [0.717, 1.165) is 25.3 Å². The van der Waals surface area contributed by atoms with Gasteiger partial charge in [-0.15, -0.1) is 0 Å². The summed E-state index contributed by atoms with van der Waals surface area (Å²) in [5, 5.41) is 13.3. The van der Waals surface area contributed by atoms with Crippen LogP contribution < -0.4 is 5.32 Å². The maximum absolute atomic E-state index is 9.75. The quantitative estimate of drug-likeness (QED) is 0.712. The van der Waals surface area contributed by atoms with Crippen LogP contribution in [0.5, 0.6) is 0 Å². The van der Waals surface area contributed by atoms with Gasteiger partial charge in [-0.05, 0) is 31.7 Å². The lowest BCUT2D eigenvalue weighted by Gasteiger charge is -2.29. The summed E-state index contributed by atoms with van der Waals surface area (Å²) in [5.74, 6) is 0.745. The molecular weight excluding hydrogens is 174 g/mol. The largest absolute Gasteiger partial charge is 0.392 e. The fourth-order valence-electron chi connectivity index (χ4n) is 2.30. The van der Waals surface area contributed by atoms with Crippen LogP contribution >= 0.6 is 0 Å². The average molecular weight is 199 g/mol. The number of hydrogen-bond acceptors (Lipinski definition) is 2. The van der Waals surface area contributed by atoms with Gasteiger partial charge in [-0.1, -0.05) is 33.1 Å². The van der Waals surface area contributed by atoms with Crippen molar-refractivity contribution in [1.29, 1.82) is 0 Å². The maximum atomic E-state index is 9.75. The lowest BCUT2D eigenvalue weighted by Crippen LogP contribution is -2.43. The Morgan fingerprint density at radius 2 is 2.07 bits per heavy atom. The highest BCUT2D eigenvalue weighted by Gasteiger charge is 2.22. The van der Waals surface area contributed by atoms with E-state index in [4.69, 9.17) is 0 Å². The normalized spacial score (nSPS) is 30.2. The minimum atomic E-state index is -0.0995. The molecule has 0 aliphatic heterocycles. The van der Waals surface area contributed by atoms with Gasteiger partial charge in [-0.25, -0.2) is 0 Å². The number of hydrogen-bond donors (Lipinski definition) is 2. The first-order valence-electron chi connectivity index (χ1n) is 6.15. The molecule has 0 aromatic rings. The van der Waals surface area contributed by atoms with Gasteiger partial charge in [-0.3, -0.25) is 0 Å². The molecule has 1 aliphatic carbocycles. The molecule has 1 saturated carbocycles. The highest BCUT2D eigenvalue weighted by atomic mass is 16.3. The van der Waals surface area contributed by atoms with Crippen LogP contribution in [0, 0.1) is 5.92 Å². The first kappa shape index (κ1) is 12.0. The summed E-state index contributed by atoms with van der Waals surface area (Å²) >= 11 is 0. The van der Waals surface area contributed by atoms with Crippen LogP contribution in [0.1, 0.15) is 52.4 Å². The molecule has 2 nitrogen and oxygen atoms in total. The van der Waals surface area contributed by atoms with E-state index in [1.165, 1.54) is 25.7 Å². The van der Waals surface area contributed by atoms with Crippen molar-refractivity contribution in [3.05, 3.63) is 0 Å². The van der Waals surface area contributed by atoms with Crippen LogP contribution in [0.3, 0.4) is 0 Å². The molecule has 2 heteroatoms. The zero-order valence-corrected chi connectivity index (χ0v) is 9.63. The average Bonchev–Trinajstić information content (AvgIpc) is 2.17. The molecule has 84 valence electrons. The molecule has 14 heavy (non-hydrogen) atoms. The van der Waals surface area contributed by atoms with Crippen LogP contribution in [0.15, 0.2) is 0 Å².